The summed E-state index contributed by atoms with van der Waals surface area (Å²) >= 11 is 0. The van der Waals surface area contributed by atoms with Crippen LogP contribution < -0.4 is 0 Å². The Hall–Kier alpha value is -2.66. The molecule has 1 aromatic rings. The number of benzene rings is 1. The Morgan fingerprint density at radius 2 is 1.68 bits per heavy atom. The van der Waals surface area contributed by atoms with Gasteiger partial charge in [0.05, 0.1) is 6.10 Å². The predicted octanol–water partition coefficient (Wildman–Crippen LogP) is 5.74. The molecule has 0 N–H and O–H groups in total. The molecular formula is C26H34F3NO6S. The molecule has 0 saturated carbocycles. The lowest BCUT2D eigenvalue weighted by atomic mass is 9.89. The van der Waals surface area contributed by atoms with Crippen LogP contribution in [0.5, 0.6) is 0 Å². The number of hydrogen-bond donors (Lipinski definition) is 0. The summed E-state index contributed by atoms with van der Waals surface area (Å²) in [6.45, 7) is 8.91. The lowest BCUT2D eigenvalue weighted by molar-refractivity contribution is -0.148. The van der Waals surface area contributed by atoms with Gasteiger partial charge in [-0.1, -0.05) is 70.2 Å². The molecule has 0 aliphatic carbocycles. The zero-order valence-corrected chi connectivity index (χ0v) is 22.4. The quantitative estimate of drug-likeness (QED) is 0.161. The monoisotopic (exact) mass is 545 g/mol. The molecule has 0 radical (unpaired) electrons. The summed E-state index contributed by atoms with van der Waals surface area (Å²) in [5, 5.41) is 0. The number of hydrogen-bond acceptors (Lipinski definition) is 6. The maximum atomic E-state index is 13.5. The number of cyclic esters (lactones) is 1. The van der Waals surface area contributed by atoms with Crippen molar-refractivity contribution < 1.29 is 40.1 Å². The third kappa shape index (κ3) is 7.44. The summed E-state index contributed by atoms with van der Waals surface area (Å²) in [6.07, 6.45) is 4.47. The SMILES string of the molecule is CCC=CCC(CC=CC[C@@]1(C)C(=O)O[C@H](C(C)(C)C)N1C(=O)c1ccccc1)OS(=O)(=O)C(F)(F)F. The van der Waals surface area contributed by atoms with E-state index in [1.54, 1.807) is 49.4 Å². The molecule has 1 amide bonds. The van der Waals surface area contributed by atoms with Gasteiger partial charge in [-0.3, -0.25) is 13.9 Å². The van der Waals surface area contributed by atoms with E-state index in [-0.39, 0.29) is 19.3 Å². The van der Waals surface area contributed by atoms with Gasteiger partial charge in [-0.25, -0.2) is 4.79 Å². The summed E-state index contributed by atoms with van der Waals surface area (Å²) in [7, 11) is -5.78. The van der Waals surface area contributed by atoms with Gasteiger partial charge in [-0.15, -0.1) is 0 Å². The second-order valence-electron chi connectivity index (χ2n) is 10.1. The first kappa shape index (κ1) is 30.6. The maximum Gasteiger partial charge on any atom is 0.523 e. The van der Waals surface area contributed by atoms with Crippen LogP contribution in [-0.2, 0) is 23.8 Å². The van der Waals surface area contributed by atoms with Gasteiger partial charge in [0.2, 0.25) is 0 Å². The van der Waals surface area contributed by atoms with E-state index in [2.05, 4.69) is 4.18 Å². The van der Waals surface area contributed by atoms with E-state index >= 15 is 0 Å². The molecule has 1 saturated heterocycles. The number of halogens is 3. The molecule has 1 aliphatic rings. The molecule has 1 unspecified atom stereocenters. The molecule has 37 heavy (non-hydrogen) atoms. The highest BCUT2D eigenvalue weighted by molar-refractivity contribution is 7.87. The summed E-state index contributed by atoms with van der Waals surface area (Å²) < 4.78 is 71.6. The van der Waals surface area contributed by atoms with Gasteiger partial charge in [0.1, 0.15) is 5.54 Å². The Balaban J connectivity index is 2.28. The van der Waals surface area contributed by atoms with Gasteiger partial charge < -0.3 is 4.74 Å². The lowest BCUT2D eigenvalue weighted by Gasteiger charge is -2.38. The number of rotatable bonds is 10. The Bertz CT molecular complexity index is 1110. The lowest BCUT2D eigenvalue weighted by Crippen LogP contribution is -2.54. The van der Waals surface area contributed by atoms with Crippen molar-refractivity contribution in [3.05, 3.63) is 60.2 Å². The maximum absolute atomic E-state index is 13.5. The van der Waals surface area contributed by atoms with Crippen molar-refractivity contribution in [1.29, 1.82) is 0 Å². The third-order valence-corrected chi connectivity index (χ3v) is 6.93. The van der Waals surface area contributed by atoms with Crippen LogP contribution in [0.15, 0.2) is 54.6 Å². The van der Waals surface area contributed by atoms with Gasteiger partial charge >= 0.3 is 21.6 Å². The minimum absolute atomic E-state index is 0.000523. The number of amides is 1. The van der Waals surface area contributed by atoms with E-state index in [9.17, 15) is 31.2 Å². The van der Waals surface area contributed by atoms with Gasteiger partial charge in [0.25, 0.3) is 5.91 Å². The molecule has 206 valence electrons. The van der Waals surface area contributed by atoms with Gasteiger partial charge in [0, 0.05) is 11.0 Å². The average molecular weight is 546 g/mol. The second-order valence-corrected chi connectivity index (χ2v) is 11.6. The Morgan fingerprint density at radius 1 is 1.11 bits per heavy atom. The Kier molecular flexibility index (Phi) is 9.75. The van der Waals surface area contributed by atoms with E-state index in [1.165, 1.54) is 17.1 Å². The van der Waals surface area contributed by atoms with Crippen LogP contribution in [0.25, 0.3) is 0 Å². The highest BCUT2D eigenvalue weighted by Gasteiger charge is 2.57. The fraction of sp³-hybridized carbons (Fsp3) is 0.538. The molecule has 1 aromatic carbocycles. The summed E-state index contributed by atoms with van der Waals surface area (Å²) in [5.41, 5.74) is -7.15. The Labute approximate surface area is 216 Å². The zero-order valence-electron chi connectivity index (χ0n) is 21.6. The van der Waals surface area contributed by atoms with Crippen LogP contribution in [0, 0.1) is 5.41 Å². The van der Waals surface area contributed by atoms with Crippen molar-refractivity contribution >= 4 is 22.0 Å². The first-order chi connectivity index (χ1) is 17.0. The minimum Gasteiger partial charge on any atom is -0.439 e. The van der Waals surface area contributed by atoms with Crippen LogP contribution in [-0.4, -0.2) is 48.6 Å². The van der Waals surface area contributed by atoms with Crippen LogP contribution >= 0.6 is 0 Å². The van der Waals surface area contributed by atoms with Crippen molar-refractivity contribution in [2.45, 2.75) is 83.7 Å². The fourth-order valence-corrected chi connectivity index (χ4v) is 4.44. The molecule has 1 fully saturated rings. The smallest absolute Gasteiger partial charge is 0.439 e. The number of nitrogens with zero attached hydrogens (tertiary/aromatic N) is 1. The zero-order chi connectivity index (χ0) is 28.1. The molecule has 0 bridgehead atoms. The number of ether oxygens (including phenoxy) is 1. The molecule has 11 heteroatoms. The van der Waals surface area contributed by atoms with Crippen molar-refractivity contribution in [3.8, 4) is 0 Å². The van der Waals surface area contributed by atoms with E-state index in [0.717, 1.165) is 0 Å². The number of esters is 1. The number of allylic oxidation sites excluding steroid dienone is 1. The van der Waals surface area contributed by atoms with Crippen molar-refractivity contribution in [2.75, 3.05) is 0 Å². The average Bonchev–Trinajstić information content (AvgIpc) is 3.07. The van der Waals surface area contributed by atoms with Crippen molar-refractivity contribution in [1.82, 2.24) is 4.90 Å². The van der Waals surface area contributed by atoms with Crippen LogP contribution in [0.1, 0.15) is 70.7 Å². The number of carbonyl (C=O) groups is 2. The highest BCUT2D eigenvalue weighted by Crippen LogP contribution is 2.41. The molecule has 1 aliphatic heterocycles. The van der Waals surface area contributed by atoms with E-state index in [1.807, 2.05) is 27.7 Å². The first-order valence-electron chi connectivity index (χ1n) is 11.9. The topological polar surface area (TPSA) is 90.0 Å². The molecular weight excluding hydrogens is 511 g/mol. The van der Waals surface area contributed by atoms with Gasteiger partial charge in [0.15, 0.2) is 6.23 Å². The largest absolute Gasteiger partial charge is 0.523 e. The highest BCUT2D eigenvalue weighted by atomic mass is 32.2. The molecule has 0 spiro atoms. The van der Waals surface area contributed by atoms with Crippen LogP contribution in [0.2, 0.25) is 0 Å². The summed E-state index contributed by atoms with van der Waals surface area (Å²) in [6, 6.07) is 8.44. The molecule has 3 atom stereocenters. The van der Waals surface area contributed by atoms with Crippen molar-refractivity contribution in [2.24, 2.45) is 5.41 Å². The molecule has 7 nitrogen and oxygen atoms in total. The minimum atomic E-state index is -5.78. The van der Waals surface area contributed by atoms with E-state index in [0.29, 0.717) is 12.0 Å². The summed E-state index contributed by atoms with van der Waals surface area (Å²) in [4.78, 5) is 27.9. The first-order valence-corrected chi connectivity index (χ1v) is 13.3. The third-order valence-electron chi connectivity index (χ3n) is 5.83. The second kappa shape index (κ2) is 11.8. The van der Waals surface area contributed by atoms with Gasteiger partial charge in [-0.2, -0.15) is 21.6 Å². The molecule has 2 rings (SSSR count). The standard InChI is InChI=1S/C26H34F3NO6S/c1-6-7-9-16-20(36-37(33,34)26(27,28)29)17-12-13-18-25(5)23(32)35-22(24(2,3)4)30(25)21(31)19-14-10-8-11-15-19/h7-15,20,22H,6,16-18H2,1-5H3/t20?,22-,25+/m1/s1. The fourth-order valence-electron chi connectivity index (χ4n) is 3.82. The van der Waals surface area contributed by atoms with Gasteiger partial charge in [-0.05, 0) is 44.7 Å². The van der Waals surface area contributed by atoms with E-state index < -0.39 is 50.8 Å². The van der Waals surface area contributed by atoms with Crippen LogP contribution in [0.3, 0.4) is 0 Å². The van der Waals surface area contributed by atoms with Crippen LogP contribution in [0.4, 0.5) is 13.2 Å². The summed E-state index contributed by atoms with van der Waals surface area (Å²) in [5.74, 6) is -1.01. The van der Waals surface area contributed by atoms with E-state index in [4.69, 9.17) is 4.74 Å². The van der Waals surface area contributed by atoms with Crippen molar-refractivity contribution in [3.63, 3.8) is 0 Å². The Morgan fingerprint density at radius 3 is 2.19 bits per heavy atom. The predicted molar refractivity (Wildman–Crippen MR) is 133 cm³/mol. The number of alkyl halides is 3. The number of carbonyl (C=O) groups excluding carboxylic acids is 2. The molecule has 0 aromatic heterocycles. The normalized spacial score (nSPS) is 22.1. The molecule has 1 heterocycles.